The van der Waals surface area contributed by atoms with Crippen molar-refractivity contribution >= 4 is 23.2 Å². The summed E-state index contributed by atoms with van der Waals surface area (Å²) in [7, 11) is 0. The molecule has 23 heavy (non-hydrogen) atoms. The van der Waals surface area contributed by atoms with Gasteiger partial charge in [-0.3, -0.25) is 4.79 Å². The lowest BCUT2D eigenvalue weighted by Gasteiger charge is -2.05. The van der Waals surface area contributed by atoms with E-state index in [9.17, 15) is 4.79 Å². The van der Waals surface area contributed by atoms with E-state index in [4.69, 9.17) is 0 Å². The van der Waals surface area contributed by atoms with Crippen LogP contribution in [0.15, 0.2) is 53.6 Å². The van der Waals surface area contributed by atoms with E-state index in [0.717, 1.165) is 28.0 Å². The minimum absolute atomic E-state index is 0.180. The Hall–Kier alpha value is -2.95. The fourth-order valence-electron chi connectivity index (χ4n) is 2.48. The number of nitrogens with one attached hydrogen (secondary N) is 1. The molecule has 0 aliphatic rings. The molecule has 3 aromatic rings. The van der Waals surface area contributed by atoms with Gasteiger partial charge in [0.05, 0.1) is 17.2 Å². The van der Waals surface area contributed by atoms with Crippen LogP contribution in [-0.2, 0) is 11.3 Å². The van der Waals surface area contributed by atoms with Crippen LogP contribution >= 0.6 is 0 Å². The topological polar surface area (TPSA) is 59.3 Å². The molecule has 0 fully saturated rings. The number of benzene rings is 2. The van der Waals surface area contributed by atoms with E-state index in [1.807, 2.05) is 66.9 Å². The summed E-state index contributed by atoms with van der Waals surface area (Å²) in [6, 6.07) is 15.6. The van der Waals surface area contributed by atoms with Gasteiger partial charge in [0, 0.05) is 0 Å². The number of hydrazone groups is 1. The van der Waals surface area contributed by atoms with Crippen molar-refractivity contribution in [2.75, 3.05) is 0 Å². The van der Waals surface area contributed by atoms with E-state index in [-0.39, 0.29) is 12.5 Å². The molecule has 1 aromatic heterocycles. The summed E-state index contributed by atoms with van der Waals surface area (Å²) in [6.07, 6.45) is 1.66. The summed E-state index contributed by atoms with van der Waals surface area (Å²) in [6.45, 7) is 4.09. The maximum atomic E-state index is 12.1. The predicted octanol–water partition coefficient (Wildman–Crippen LogP) is 2.80. The second-order valence-corrected chi connectivity index (χ2v) is 5.38. The lowest BCUT2D eigenvalue weighted by Crippen LogP contribution is -2.23. The van der Waals surface area contributed by atoms with Crippen LogP contribution in [0, 0.1) is 13.8 Å². The van der Waals surface area contributed by atoms with Gasteiger partial charge in [-0.1, -0.05) is 36.4 Å². The molecule has 5 heteroatoms. The molecule has 0 saturated heterocycles. The fourth-order valence-corrected chi connectivity index (χ4v) is 2.48. The van der Waals surface area contributed by atoms with Gasteiger partial charge in [0.2, 0.25) is 0 Å². The summed E-state index contributed by atoms with van der Waals surface area (Å²) in [5.74, 6) is 0.630. The highest BCUT2D eigenvalue weighted by Gasteiger charge is 2.09. The SMILES string of the molecule is Cc1ccccc1/C=N\NC(=O)Cn1c(C)nc2ccccc21. The molecule has 0 bridgehead atoms. The number of fused-ring (bicyclic) bond motifs is 1. The molecule has 0 saturated carbocycles. The maximum absolute atomic E-state index is 12.1. The van der Waals surface area contributed by atoms with Crippen molar-refractivity contribution in [3.05, 3.63) is 65.5 Å². The molecule has 0 aliphatic heterocycles. The van der Waals surface area contributed by atoms with Crippen molar-refractivity contribution in [2.45, 2.75) is 20.4 Å². The Morgan fingerprint density at radius 3 is 2.74 bits per heavy atom. The van der Waals surface area contributed by atoms with Crippen molar-refractivity contribution < 1.29 is 4.79 Å². The first-order chi connectivity index (χ1) is 11.1. The van der Waals surface area contributed by atoms with Crippen LogP contribution in [0.25, 0.3) is 11.0 Å². The molecule has 1 amide bonds. The van der Waals surface area contributed by atoms with Crippen molar-refractivity contribution in [1.29, 1.82) is 0 Å². The van der Waals surface area contributed by atoms with Gasteiger partial charge in [-0.15, -0.1) is 0 Å². The molecule has 116 valence electrons. The smallest absolute Gasteiger partial charge is 0.260 e. The Kier molecular flexibility index (Phi) is 4.19. The summed E-state index contributed by atoms with van der Waals surface area (Å²) in [4.78, 5) is 16.6. The van der Waals surface area contributed by atoms with Gasteiger partial charge in [-0.2, -0.15) is 5.10 Å². The highest BCUT2D eigenvalue weighted by molar-refractivity contribution is 5.84. The Morgan fingerprint density at radius 1 is 1.17 bits per heavy atom. The van der Waals surface area contributed by atoms with Gasteiger partial charge in [0.1, 0.15) is 12.4 Å². The van der Waals surface area contributed by atoms with Gasteiger partial charge >= 0.3 is 0 Å². The highest BCUT2D eigenvalue weighted by Crippen LogP contribution is 2.14. The number of aryl methyl sites for hydroxylation is 2. The minimum atomic E-state index is -0.180. The standard InChI is InChI=1S/C18H18N4O/c1-13-7-3-4-8-15(13)11-19-21-18(23)12-22-14(2)20-16-9-5-6-10-17(16)22/h3-11H,12H2,1-2H3,(H,21,23)/b19-11-. The number of nitrogens with zero attached hydrogens (tertiary/aromatic N) is 3. The third-order valence-electron chi connectivity index (χ3n) is 3.73. The van der Waals surface area contributed by atoms with E-state index in [1.165, 1.54) is 0 Å². The molecular formula is C18H18N4O. The highest BCUT2D eigenvalue weighted by atomic mass is 16.2. The van der Waals surface area contributed by atoms with Crippen molar-refractivity contribution in [2.24, 2.45) is 5.10 Å². The maximum Gasteiger partial charge on any atom is 0.260 e. The molecule has 1 N–H and O–H groups in total. The molecule has 3 rings (SSSR count). The van der Waals surface area contributed by atoms with E-state index in [0.29, 0.717) is 0 Å². The number of carbonyl (C=O) groups excluding carboxylic acids is 1. The van der Waals surface area contributed by atoms with Crippen LogP contribution < -0.4 is 5.43 Å². The van der Waals surface area contributed by atoms with Gasteiger partial charge < -0.3 is 4.57 Å². The summed E-state index contributed by atoms with van der Waals surface area (Å²) >= 11 is 0. The third-order valence-corrected chi connectivity index (χ3v) is 3.73. The average Bonchev–Trinajstić information content (AvgIpc) is 2.85. The van der Waals surface area contributed by atoms with Crippen molar-refractivity contribution in [3.8, 4) is 0 Å². The van der Waals surface area contributed by atoms with E-state index >= 15 is 0 Å². The van der Waals surface area contributed by atoms with E-state index in [1.54, 1.807) is 6.21 Å². The molecule has 0 aliphatic carbocycles. The number of hydrogen-bond donors (Lipinski definition) is 1. The molecule has 1 heterocycles. The van der Waals surface area contributed by atoms with Crippen LogP contribution in [0.3, 0.4) is 0 Å². The fraction of sp³-hybridized carbons (Fsp3) is 0.167. The van der Waals surface area contributed by atoms with Crippen LogP contribution in [0.4, 0.5) is 0 Å². The number of imidazole rings is 1. The summed E-state index contributed by atoms with van der Waals surface area (Å²) in [5.41, 5.74) is 6.50. The lowest BCUT2D eigenvalue weighted by atomic mass is 10.1. The van der Waals surface area contributed by atoms with Crippen molar-refractivity contribution in [3.63, 3.8) is 0 Å². The first kappa shape index (κ1) is 15.0. The Balaban J connectivity index is 1.70. The summed E-state index contributed by atoms with van der Waals surface area (Å²) in [5, 5.41) is 4.03. The van der Waals surface area contributed by atoms with Gasteiger partial charge in [-0.25, -0.2) is 10.4 Å². The zero-order valence-electron chi connectivity index (χ0n) is 13.2. The van der Waals surface area contributed by atoms with E-state index in [2.05, 4.69) is 15.5 Å². The monoisotopic (exact) mass is 306 g/mol. The first-order valence-corrected chi connectivity index (χ1v) is 7.44. The summed E-state index contributed by atoms with van der Waals surface area (Å²) < 4.78 is 1.88. The van der Waals surface area contributed by atoms with Gasteiger partial charge in [0.15, 0.2) is 0 Å². The number of para-hydroxylation sites is 2. The predicted molar refractivity (Wildman–Crippen MR) is 91.4 cm³/mol. The zero-order valence-corrected chi connectivity index (χ0v) is 13.2. The number of amides is 1. The normalized spacial score (nSPS) is 11.2. The van der Waals surface area contributed by atoms with Crippen molar-refractivity contribution in [1.82, 2.24) is 15.0 Å². The number of aromatic nitrogens is 2. The molecule has 5 nitrogen and oxygen atoms in total. The lowest BCUT2D eigenvalue weighted by molar-refractivity contribution is -0.121. The molecule has 0 unspecified atom stereocenters. The Morgan fingerprint density at radius 2 is 1.91 bits per heavy atom. The molecular weight excluding hydrogens is 288 g/mol. The number of carbonyl (C=O) groups is 1. The first-order valence-electron chi connectivity index (χ1n) is 7.44. The Labute approximate surface area is 134 Å². The number of hydrogen-bond acceptors (Lipinski definition) is 3. The number of rotatable bonds is 4. The van der Waals surface area contributed by atoms with Crippen LogP contribution in [0.2, 0.25) is 0 Å². The second-order valence-electron chi connectivity index (χ2n) is 5.38. The Bertz CT molecular complexity index is 880. The third kappa shape index (κ3) is 3.29. The van der Waals surface area contributed by atoms with Crippen LogP contribution in [0.5, 0.6) is 0 Å². The van der Waals surface area contributed by atoms with Crippen LogP contribution in [-0.4, -0.2) is 21.7 Å². The molecule has 2 aromatic carbocycles. The van der Waals surface area contributed by atoms with Gasteiger partial charge in [-0.05, 0) is 37.1 Å². The largest absolute Gasteiger partial charge is 0.319 e. The molecule has 0 atom stereocenters. The second kappa shape index (κ2) is 6.44. The quantitative estimate of drug-likeness (QED) is 0.595. The minimum Gasteiger partial charge on any atom is -0.319 e. The van der Waals surface area contributed by atoms with Crippen LogP contribution in [0.1, 0.15) is 17.0 Å². The van der Waals surface area contributed by atoms with E-state index < -0.39 is 0 Å². The zero-order chi connectivity index (χ0) is 16.2. The molecule has 0 radical (unpaired) electrons. The van der Waals surface area contributed by atoms with Gasteiger partial charge in [0.25, 0.3) is 5.91 Å². The average molecular weight is 306 g/mol. The molecule has 0 spiro atoms.